The summed E-state index contributed by atoms with van der Waals surface area (Å²) in [7, 11) is -1.77. The maximum absolute atomic E-state index is 9.56. The molecule has 0 fully saturated rings. The van der Waals surface area contributed by atoms with Crippen LogP contribution in [-0.4, -0.2) is 13.4 Å². The Kier molecular flexibility index (Phi) is 5.45. The highest BCUT2D eigenvalue weighted by molar-refractivity contribution is 6.74. The largest absolute Gasteiger partial charge is 0.413 e. The van der Waals surface area contributed by atoms with Gasteiger partial charge >= 0.3 is 0 Å². The van der Waals surface area contributed by atoms with E-state index < -0.39 is 8.32 Å². The Morgan fingerprint density at radius 3 is 2.09 bits per heavy atom. The van der Waals surface area contributed by atoms with Crippen molar-refractivity contribution in [1.82, 2.24) is 0 Å². The molecule has 1 N–H and O–H groups in total. The second-order valence-corrected chi connectivity index (χ2v) is 12.4. The molecule has 0 saturated heterocycles. The Labute approximate surface area is 141 Å². The third-order valence-electron chi connectivity index (χ3n) is 4.75. The monoisotopic (exact) mass is 328 g/mol. The van der Waals surface area contributed by atoms with Gasteiger partial charge in [-0.1, -0.05) is 57.2 Å². The first-order chi connectivity index (χ1) is 10.7. The summed E-state index contributed by atoms with van der Waals surface area (Å²) in [6.07, 6.45) is 0. The first-order valence-corrected chi connectivity index (χ1v) is 11.1. The maximum atomic E-state index is 9.56. The summed E-state index contributed by atoms with van der Waals surface area (Å²) in [5, 5.41) is 9.76. The zero-order valence-corrected chi connectivity index (χ0v) is 15.9. The van der Waals surface area contributed by atoms with E-state index in [4.69, 9.17) is 4.43 Å². The van der Waals surface area contributed by atoms with Crippen molar-refractivity contribution in [1.29, 1.82) is 0 Å². The lowest BCUT2D eigenvalue weighted by Gasteiger charge is -2.36. The first kappa shape index (κ1) is 17.9. The van der Waals surface area contributed by atoms with Gasteiger partial charge in [0.05, 0.1) is 13.2 Å². The summed E-state index contributed by atoms with van der Waals surface area (Å²) >= 11 is 0. The van der Waals surface area contributed by atoms with Gasteiger partial charge in [-0.3, -0.25) is 0 Å². The molecule has 124 valence electrons. The molecule has 0 aromatic heterocycles. The molecule has 0 heterocycles. The SMILES string of the molecule is CC(C)(C)[Si](C)(C)OCc1cc(CO)cc(-c2ccccc2)c1. The third kappa shape index (κ3) is 4.53. The van der Waals surface area contributed by atoms with Crippen molar-refractivity contribution >= 4 is 8.32 Å². The lowest BCUT2D eigenvalue weighted by molar-refractivity contribution is 0.272. The molecule has 0 spiro atoms. The molecule has 0 aliphatic rings. The van der Waals surface area contributed by atoms with Crippen LogP contribution in [0.4, 0.5) is 0 Å². The zero-order valence-electron chi connectivity index (χ0n) is 14.9. The number of hydrogen-bond donors (Lipinski definition) is 1. The topological polar surface area (TPSA) is 29.5 Å². The van der Waals surface area contributed by atoms with Crippen LogP contribution in [0.3, 0.4) is 0 Å². The van der Waals surface area contributed by atoms with Crippen LogP contribution in [0.1, 0.15) is 31.9 Å². The summed E-state index contributed by atoms with van der Waals surface area (Å²) in [6, 6.07) is 16.5. The molecule has 3 heteroatoms. The molecule has 2 rings (SSSR count). The van der Waals surface area contributed by atoms with Crippen molar-refractivity contribution in [2.75, 3.05) is 0 Å². The van der Waals surface area contributed by atoms with Crippen LogP contribution in [0.15, 0.2) is 48.5 Å². The van der Waals surface area contributed by atoms with Gasteiger partial charge in [-0.2, -0.15) is 0 Å². The molecule has 0 amide bonds. The van der Waals surface area contributed by atoms with Gasteiger partial charge < -0.3 is 9.53 Å². The fourth-order valence-corrected chi connectivity index (χ4v) is 3.18. The predicted octanol–water partition coefficient (Wildman–Crippen LogP) is 5.37. The van der Waals surface area contributed by atoms with E-state index in [2.05, 4.69) is 52.1 Å². The first-order valence-electron chi connectivity index (χ1n) is 8.16. The van der Waals surface area contributed by atoms with Gasteiger partial charge in [-0.05, 0) is 52.5 Å². The van der Waals surface area contributed by atoms with Crippen LogP contribution in [0.2, 0.25) is 18.1 Å². The molecule has 23 heavy (non-hydrogen) atoms. The Morgan fingerprint density at radius 1 is 0.913 bits per heavy atom. The van der Waals surface area contributed by atoms with Gasteiger partial charge in [0.1, 0.15) is 0 Å². The second kappa shape index (κ2) is 6.99. The van der Waals surface area contributed by atoms with Crippen molar-refractivity contribution < 1.29 is 9.53 Å². The quantitative estimate of drug-likeness (QED) is 0.748. The summed E-state index contributed by atoms with van der Waals surface area (Å²) in [5.74, 6) is 0. The molecule has 0 aliphatic heterocycles. The van der Waals surface area contributed by atoms with E-state index in [0.717, 1.165) is 22.3 Å². The summed E-state index contributed by atoms with van der Waals surface area (Å²) in [5.41, 5.74) is 4.35. The van der Waals surface area contributed by atoms with E-state index in [-0.39, 0.29) is 11.6 Å². The smallest absolute Gasteiger partial charge is 0.192 e. The molecule has 0 aliphatic carbocycles. The minimum atomic E-state index is -1.77. The maximum Gasteiger partial charge on any atom is 0.192 e. The summed E-state index contributed by atoms with van der Waals surface area (Å²) < 4.78 is 6.33. The average Bonchev–Trinajstić information content (AvgIpc) is 2.52. The Hall–Kier alpha value is -1.42. The highest BCUT2D eigenvalue weighted by atomic mass is 28.4. The lowest BCUT2D eigenvalue weighted by atomic mass is 10.0. The fourth-order valence-electron chi connectivity index (χ4n) is 2.21. The van der Waals surface area contributed by atoms with Crippen molar-refractivity contribution in [3.8, 4) is 11.1 Å². The third-order valence-corrected chi connectivity index (χ3v) is 9.23. The van der Waals surface area contributed by atoms with Crippen LogP contribution in [0.5, 0.6) is 0 Å². The molecular weight excluding hydrogens is 300 g/mol. The molecule has 0 atom stereocenters. The van der Waals surface area contributed by atoms with E-state index >= 15 is 0 Å². The average molecular weight is 329 g/mol. The van der Waals surface area contributed by atoms with E-state index in [0.29, 0.717) is 6.61 Å². The normalized spacial score (nSPS) is 12.4. The van der Waals surface area contributed by atoms with E-state index in [1.54, 1.807) is 0 Å². The highest BCUT2D eigenvalue weighted by Gasteiger charge is 2.37. The molecule has 0 unspecified atom stereocenters. The van der Waals surface area contributed by atoms with Crippen molar-refractivity contribution in [2.24, 2.45) is 0 Å². The van der Waals surface area contributed by atoms with Gasteiger partial charge in [0, 0.05) is 0 Å². The van der Waals surface area contributed by atoms with Crippen LogP contribution in [0.25, 0.3) is 11.1 Å². The second-order valence-electron chi connectivity index (χ2n) is 7.61. The van der Waals surface area contributed by atoms with Crippen molar-refractivity contribution in [2.45, 2.75) is 52.1 Å². The van der Waals surface area contributed by atoms with Crippen molar-refractivity contribution in [3.05, 3.63) is 59.7 Å². The molecule has 0 saturated carbocycles. The molecule has 2 nitrogen and oxygen atoms in total. The number of aliphatic hydroxyl groups is 1. The van der Waals surface area contributed by atoms with Crippen LogP contribution >= 0.6 is 0 Å². The van der Waals surface area contributed by atoms with E-state index in [9.17, 15) is 5.11 Å². The fraction of sp³-hybridized carbons (Fsp3) is 0.400. The lowest BCUT2D eigenvalue weighted by Crippen LogP contribution is -2.40. The van der Waals surface area contributed by atoms with Gasteiger partial charge in [0.2, 0.25) is 0 Å². The zero-order chi connectivity index (χ0) is 17.1. The number of aliphatic hydroxyl groups excluding tert-OH is 1. The van der Waals surface area contributed by atoms with Crippen LogP contribution < -0.4 is 0 Å². The van der Waals surface area contributed by atoms with E-state index in [1.807, 2.05) is 30.3 Å². The van der Waals surface area contributed by atoms with E-state index in [1.165, 1.54) is 0 Å². The number of hydrogen-bond acceptors (Lipinski definition) is 2. The highest BCUT2D eigenvalue weighted by Crippen LogP contribution is 2.37. The Bertz CT molecular complexity index is 642. The standard InChI is InChI=1S/C20H28O2Si/c1-20(2,3)23(4,5)22-15-17-11-16(14-21)12-19(13-17)18-9-7-6-8-10-18/h6-13,21H,14-15H2,1-5H3. The Morgan fingerprint density at radius 2 is 1.52 bits per heavy atom. The van der Waals surface area contributed by atoms with Gasteiger partial charge in [-0.25, -0.2) is 0 Å². The van der Waals surface area contributed by atoms with Gasteiger partial charge in [-0.15, -0.1) is 0 Å². The number of benzene rings is 2. The molecular formula is C20H28O2Si. The van der Waals surface area contributed by atoms with Gasteiger partial charge in [0.25, 0.3) is 0 Å². The van der Waals surface area contributed by atoms with Crippen molar-refractivity contribution in [3.63, 3.8) is 0 Å². The van der Waals surface area contributed by atoms with Gasteiger partial charge in [0.15, 0.2) is 8.32 Å². The van der Waals surface area contributed by atoms with Crippen LogP contribution in [0, 0.1) is 0 Å². The molecule has 0 bridgehead atoms. The molecule has 2 aromatic rings. The summed E-state index contributed by atoms with van der Waals surface area (Å²) in [4.78, 5) is 0. The number of rotatable bonds is 5. The van der Waals surface area contributed by atoms with Crippen LogP contribution in [-0.2, 0) is 17.6 Å². The summed E-state index contributed by atoms with van der Waals surface area (Å²) in [6.45, 7) is 11.9. The minimum absolute atomic E-state index is 0.0494. The predicted molar refractivity (Wildman–Crippen MR) is 99.8 cm³/mol. The molecule has 2 aromatic carbocycles. The molecule has 0 radical (unpaired) electrons. The Balaban J connectivity index is 2.26. The minimum Gasteiger partial charge on any atom is -0.413 e.